The maximum atomic E-state index is 5.91. The predicted molar refractivity (Wildman–Crippen MR) is 76.4 cm³/mol. The summed E-state index contributed by atoms with van der Waals surface area (Å²) in [5.41, 5.74) is 0. The smallest absolute Gasteiger partial charge is 0.127 e. The molecule has 1 fully saturated rings. The van der Waals surface area contributed by atoms with Crippen LogP contribution in [0.2, 0.25) is 0 Å². The molecule has 0 N–H and O–H groups in total. The summed E-state index contributed by atoms with van der Waals surface area (Å²) in [6, 6.07) is 7.60. The summed E-state index contributed by atoms with van der Waals surface area (Å²) in [6.45, 7) is 1.19. The first-order valence-corrected chi connectivity index (χ1v) is 7.21. The lowest BCUT2D eigenvalue weighted by atomic mass is 9.91. The number of alkyl halides is 1. The van der Waals surface area contributed by atoms with Crippen LogP contribution in [0.25, 0.3) is 0 Å². The summed E-state index contributed by atoms with van der Waals surface area (Å²) in [4.78, 5) is 0.354. The average molecular weight is 331 g/mol. The van der Waals surface area contributed by atoms with Crippen LogP contribution < -0.4 is 9.47 Å². The standard InChI is InChI=1S/C14H19BrO4/c1-16-7-8-18-14-12(15)9-13(14)19-11-5-3-10(17-2)4-6-11/h3-6,12-14H,7-9H2,1-2H3. The first-order valence-electron chi connectivity index (χ1n) is 6.30. The van der Waals surface area contributed by atoms with Crippen LogP contribution in [0.3, 0.4) is 0 Å². The Morgan fingerprint density at radius 3 is 2.37 bits per heavy atom. The summed E-state index contributed by atoms with van der Waals surface area (Å²) >= 11 is 3.59. The Morgan fingerprint density at radius 2 is 1.79 bits per heavy atom. The Hall–Kier alpha value is -0.780. The van der Waals surface area contributed by atoms with Gasteiger partial charge in [-0.2, -0.15) is 0 Å². The Morgan fingerprint density at radius 1 is 1.11 bits per heavy atom. The zero-order valence-electron chi connectivity index (χ0n) is 11.2. The zero-order chi connectivity index (χ0) is 13.7. The number of ether oxygens (including phenoxy) is 4. The van der Waals surface area contributed by atoms with Gasteiger partial charge in [-0.05, 0) is 24.3 Å². The van der Waals surface area contributed by atoms with Crippen LogP contribution in [0.1, 0.15) is 6.42 Å². The van der Waals surface area contributed by atoms with Crippen LogP contribution >= 0.6 is 15.9 Å². The fraction of sp³-hybridized carbons (Fsp3) is 0.571. The molecule has 0 saturated heterocycles. The highest BCUT2D eigenvalue weighted by atomic mass is 79.9. The summed E-state index contributed by atoms with van der Waals surface area (Å²) < 4.78 is 21.7. The van der Waals surface area contributed by atoms with Gasteiger partial charge in [-0.15, -0.1) is 0 Å². The number of hydrogen-bond acceptors (Lipinski definition) is 4. The second-order valence-electron chi connectivity index (χ2n) is 4.41. The summed E-state index contributed by atoms with van der Waals surface area (Å²) in [6.07, 6.45) is 1.12. The average Bonchev–Trinajstić information content (AvgIpc) is 2.44. The molecule has 2 rings (SSSR count). The molecule has 4 nitrogen and oxygen atoms in total. The van der Waals surface area contributed by atoms with Gasteiger partial charge in [0.25, 0.3) is 0 Å². The van der Waals surface area contributed by atoms with Crippen molar-refractivity contribution < 1.29 is 18.9 Å². The van der Waals surface area contributed by atoms with Crippen LogP contribution in [0.15, 0.2) is 24.3 Å². The maximum Gasteiger partial charge on any atom is 0.127 e. The van der Waals surface area contributed by atoms with Crippen LogP contribution in [0, 0.1) is 0 Å². The lowest BCUT2D eigenvalue weighted by Crippen LogP contribution is -2.52. The van der Waals surface area contributed by atoms with E-state index in [-0.39, 0.29) is 12.2 Å². The van der Waals surface area contributed by atoms with Crippen molar-refractivity contribution in [3.63, 3.8) is 0 Å². The van der Waals surface area contributed by atoms with Gasteiger partial charge in [0.2, 0.25) is 0 Å². The van der Waals surface area contributed by atoms with E-state index in [9.17, 15) is 0 Å². The van der Waals surface area contributed by atoms with Crippen LogP contribution in [-0.2, 0) is 9.47 Å². The van der Waals surface area contributed by atoms with E-state index < -0.39 is 0 Å². The van der Waals surface area contributed by atoms with E-state index in [4.69, 9.17) is 18.9 Å². The molecule has 1 aromatic rings. The minimum Gasteiger partial charge on any atom is -0.497 e. The maximum absolute atomic E-state index is 5.91. The second-order valence-corrected chi connectivity index (χ2v) is 5.59. The molecule has 0 amide bonds. The Bertz CT molecular complexity index is 382. The third-order valence-corrected chi connectivity index (χ3v) is 4.02. The number of benzene rings is 1. The van der Waals surface area contributed by atoms with Gasteiger partial charge in [0.15, 0.2) is 0 Å². The third kappa shape index (κ3) is 3.84. The zero-order valence-corrected chi connectivity index (χ0v) is 12.8. The molecule has 19 heavy (non-hydrogen) atoms. The summed E-state index contributed by atoms with van der Waals surface area (Å²) in [5.74, 6) is 1.66. The minimum atomic E-state index is 0.0808. The highest BCUT2D eigenvalue weighted by Gasteiger charge is 2.42. The molecule has 1 saturated carbocycles. The van der Waals surface area contributed by atoms with Crippen LogP contribution in [-0.4, -0.2) is 44.5 Å². The molecule has 5 heteroatoms. The number of rotatable bonds is 7. The minimum absolute atomic E-state index is 0.0808. The fourth-order valence-electron chi connectivity index (χ4n) is 1.95. The Kier molecular flexibility index (Phi) is 5.48. The number of hydrogen-bond donors (Lipinski definition) is 0. The Labute approximate surface area is 122 Å². The SMILES string of the molecule is COCCOC1C(Br)CC1Oc1ccc(OC)cc1. The van der Waals surface area contributed by atoms with E-state index in [0.29, 0.717) is 18.0 Å². The van der Waals surface area contributed by atoms with Gasteiger partial charge in [-0.1, -0.05) is 15.9 Å². The highest BCUT2D eigenvalue weighted by molar-refractivity contribution is 9.09. The van der Waals surface area contributed by atoms with Gasteiger partial charge in [0, 0.05) is 18.4 Å². The van der Waals surface area contributed by atoms with E-state index in [2.05, 4.69) is 15.9 Å². The summed E-state index contributed by atoms with van der Waals surface area (Å²) in [5, 5.41) is 0. The van der Waals surface area contributed by atoms with Gasteiger partial charge < -0.3 is 18.9 Å². The first kappa shape index (κ1) is 14.6. The first-order chi connectivity index (χ1) is 9.24. The monoisotopic (exact) mass is 330 g/mol. The second kappa shape index (κ2) is 7.12. The van der Waals surface area contributed by atoms with Gasteiger partial charge in [-0.25, -0.2) is 0 Å². The van der Waals surface area contributed by atoms with Gasteiger partial charge in [0.1, 0.15) is 23.7 Å². The molecule has 106 valence electrons. The molecule has 0 aromatic heterocycles. The Balaban J connectivity index is 1.84. The molecule has 1 aliphatic carbocycles. The van der Waals surface area contributed by atoms with E-state index in [0.717, 1.165) is 17.9 Å². The number of halogens is 1. The fourth-order valence-corrected chi connectivity index (χ4v) is 2.81. The molecule has 1 aliphatic rings. The topological polar surface area (TPSA) is 36.9 Å². The molecule has 1 aromatic carbocycles. The lowest BCUT2D eigenvalue weighted by Gasteiger charge is -2.40. The van der Waals surface area contributed by atoms with E-state index >= 15 is 0 Å². The third-order valence-electron chi connectivity index (χ3n) is 3.13. The van der Waals surface area contributed by atoms with Crippen molar-refractivity contribution in [1.29, 1.82) is 0 Å². The normalized spacial score (nSPS) is 25.7. The molecule has 0 heterocycles. The molecular formula is C14H19BrO4. The van der Waals surface area contributed by atoms with E-state index in [1.807, 2.05) is 24.3 Å². The molecule has 3 atom stereocenters. The van der Waals surface area contributed by atoms with E-state index in [1.54, 1.807) is 14.2 Å². The van der Waals surface area contributed by atoms with Gasteiger partial charge in [0.05, 0.1) is 20.3 Å². The molecule has 0 spiro atoms. The van der Waals surface area contributed by atoms with Crippen molar-refractivity contribution in [1.82, 2.24) is 0 Å². The van der Waals surface area contributed by atoms with Crippen molar-refractivity contribution >= 4 is 15.9 Å². The van der Waals surface area contributed by atoms with E-state index in [1.165, 1.54) is 0 Å². The predicted octanol–water partition coefficient (Wildman–Crippen LogP) is 2.64. The molecular weight excluding hydrogens is 312 g/mol. The number of methoxy groups -OCH3 is 2. The van der Waals surface area contributed by atoms with Gasteiger partial charge >= 0.3 is 0 Å². The van der Waals surface area contributed by atoms with Crippen LogP contribution in [0.4, 0.5) is 0 Å². The molecule has 0 aliphatic heterocycles. The van der Waals surface area contributed by atoms with Crippen molar-refractivity contribution in [3.8, 4) is 11.5 Å². The lowest BCUT2D eigenvalue weighted by molar-refractivity contribution is -0.0865. The van der Waals surface area contributed by atoms with Crippen molar-refractivity contribution in [2.24, 2.45) is 0 Å². The molecule has 0 radical (unpaired) electrons. The highest BCUT2D eigenvalue weighted by Crippen LogP contribution is 2.34. The van der Waals surface area contributed by atoms with Crippen molar-refractivity contribution in [2.45, 2.75) is 23.5 Å². The largest absolute Gasteiger partial charge is 0.497 e. The van der Waals surface area contributed by atoms with Crippen molar-refractivity contribution in [2.75, 3.05) is 27.4 Å². The van der Waals surface area contributed by atoms with Crippen molar-refractivity contribution in [3.05, 3.63) is 24.3 Å². The quantitative estimate of drug-likeness (QED) is 0.569. The van der Waals surface area contributed by atoms with Gasteiger partial charge in [-0.3, -0.25) is 0 Å². The molecule has 3 unspecified atom stereocenters. The molecule has 0 bridgehead atoms. The summed E-state index contributed by atoms with van der Waals surface area (Å²) in [7, 11) is 3.32. The van der Waals surface area contributed by atoms with Crippen LogP contribution in [0.5, 0.6) is 11.5 Å².